The smallest absolute Gasteiger partial charge is 0.237 e. The van der Waals surface area contributed by atoms with Crippen LogP contribution in [0, 0.1) is 0 Å². The Morgan fingerprint density at radius 1 is 1.50 bits per heavy atom. The molecule has 1 saturated heterocycles. The van der Waals surface area contributed by atoms with Crippen molar-refractivity contribution >= 4 is 30.7 Å². The number of hydrogen-bond acceptors (Lipinski definition) is 4. The molecule has 18 heavy (non-hydrogen) atoms. The number of rotatable bonds is 5. The fourth-order valence-electron chi connectivity index (χ4n) is 1.65. The summed E-state index contributed by atoms with van der Waals surface area (Å²) in [6.45, 7) is 6.26. The van der Waals surface area contributed by atoms with E-state index in [9.17, 15) is 9.90 Å². The number of likely N-dealkylation sites (N-methyl/N-ethyl adjacent to an activating group) is 1. The topological polar surface area (TPSA) is 64.6 Å². The Hall–Kier alpha value is -0.0700. The predicted octanol–water partition coefficient (Wildman–Crippen LogP) is 0.00920. The molecule has 0 aliphatic carbocycles. The molecule has 2 unspecified atom stereocenters. The zero-order valence-corrected chi connectivity index (χ0v) is 12.8. The summed E-state index contributed by atoms with van der Waals surface area (Å²) in [6, 6.07) is 0.266. The van der Waals surface area contributed by atoms with Crippen molar-refractivity contribution in [2.45, 2.75) is 38.5 Å². The number of β-amino-alcohol motifs (C(OH)–C–C–N with tert-alkyl or cyclic N) is 1. The van der Waals surface area contributed by atoms with Gasteiger partial charge in [-0.1, -0.05) is 0 Å². The summed E-state index contributed by atoms with van der Waals surface area (Å²) in [5, 5.41) is 15.2. The van der Waals surface area contributed by atoms with Crippen LogP contribution in [0.1, 0.15) is 20.3 Å². The summed E-state index contributed by atoms with van der Waals surface area (Å²) in [5.74, 6) is -0.00583. The van der Waals surface area contributed by atoms with Gasteiger partial charge in [0.2, 0.25) is 5.91 Å². The lowest BCUT2D eigenvalue weighted by Gasteiger charge is -2.21. The zero-order chi connectivity index (χ0) is 12.1. The minimum absolute atomic E-state index is 0. The van der Waals surface area contributed by atoms with E-state index in [1.807, 2.05) is 7.05 Å². The first-order valence-corrected chi connectivity index (χ1v) is 5.90. The van der Waals surface area contributed by atoms with Gasteiger partial charge in [-0.15, -0.1) is 24.8 Å². The van der Waals surface area contributed by atoms with Crippen LogP contribution in [0.4, 0.5) is 0 Å². The number of carbonyl (C=O) groups excluding carboxylic acids is 1. The second-order valence-corrected chi connectivity index (χ2v) is 4.72. The summed E-state index contributed by atoms with van der Waals surface area (Å²) in [6.07, 6.45) is 0.139. The Kier molecular flexibility index (Phi) is 11.0. The van der Waals surface area contributed by atoms with Crippen molar-refractivity contribution in [3.63, 3.8) is 0 Å². The minimum atomic E-state index is -0.380. The lowest BCUT2D eigenvalue weighted by Crippen LogP contribution is -2.43. The summed E-state index contributed by atoms with van der Waals surface area (Å²) < 4.78 is 0. The number of aliphatic hydroxyl groups is 1. The molecule has 0 radical (unpaired) electrons. The fraction of sp³-hybridized carbons (Fsp3) is 0.909. The first-order valence-electron chi connectivity index (χ1n) is 5.90. The largest absolute Gasteiger partial charge is 0.392 e. The van der Waals surface area contributed by atoms with Crippen LogP contribution < -0.4 is 10.6 Å². The SMILES string of the molecule is CC(C)N(C)CCNC(=O)C1CC(O)CN1.Cl.Cl. The van der Waals surface area contributed by atoms with Gasteiger partial charge >= 0.3 is 0 Å². The van der Waals surface area contributed by atoms with E-state index in [1.54, 1.807) is 0 Å². The van der Waals surface area contributed by atoms with Crippen LogP contribution in [0.15, 0.2) is 0 Å². The molecule has 0 aromatic rings. The highest BCUT2D eigenvalue weighted by Gasteiger charge is 2.27. The Morgan fingerprint density at radius 3 is 2.56 bits per heavy atom. The van der Waals surface area contributed by atoms with E-state index in [0.717, 1.165) is 6.54 Å². The van der Waals surface area contributed by atoms with Gasteiger partial charge in [0.15, 0.2) is 0 Å². The van der Waals surface area contributed by atoms with Gasteiger partial charge < -0.3 is 20.6 Å². The molecular weight excluding hydrogens is 277 g/mol. The number of halogens is 2. The van der Waals surface area contributed by atoms with Crippen LogP contribution in [-0.4, -0.2) is 60.8 Å². The van der Waals surface area contributed by atoms with Gasteiger partial charge in [-0.3, -0.25) is 4.79 Å². The fourth-order valence-corrected chi connectivity index (χ4v) is 1.65. The maximum absolute atomic E-state index is 11.6. The van der Waals surface area contributed by atoms with Crippen LogP contribution in [0.2, 0.25) is 0 Å². The Morgan fingerprint density at radius 2 is 2.11 bits per heavy atom. The van der Waals surface area contributed by atoms with E-state index in [4.69, 9.17) is 0 Å². The molecule has 1 aliphatic rings. The molecule has 5 nitrogen and oxygen atoms in total. The van der Waals surface area contributed by atoms with Gasteiger partial charge in [-0.2, -0.15) is 0 Å². The number of aliphatic hydroxyl groups excluding tert-OH is 1. The van der Waals surface area contributed by atoms with Gasteiger partial charge in [0.05, 0.1) is 12.1 Å². The third-order valence-electron chi connectivity index (χ3n) is 3.07. The van der Waals surface area contributed by atoms with E-state index in [-0.39, 0.29) is 42.9 Å². The Balaban J connectivity index is 0. The molecule has 1 fully saturated rings. The van der Waals surface area contributed by atoms with E-state index in [1.165, 1.54) is 0 Å². The zero-order valence-electron chi connectivity index (χ0n) is 11.2. The minimum Gasteiger partial charge on any atom is -0.392 e. The highest BCUT2D eigenvalue weighted by Crippen LogP contribution is 2.05. The van der Waals surface area contributed by atoms with Crippen LogP contribution in [0.3, 0.4) is 0 Å². The third-order valence-corrected chi connectivity index (χ3v) is 3.07. The van der Waals surface area contributed by atoms with Gasteiger partial charge in [0.25, 0.3) is 0 Å². The Labute approximate surface area is 122 Å². The van der Waals surface area contributed by atoms with Gasteiger partial charge in [-0.05, 0) is 27.3 Å². The van der Waals surface area contributed by atoms with Gasteiger partial charge in [0, 0.05) is 25.7 Å². The summed E-state index contributed by atoms with van der Waals surface area (Å²) in [4.78, 5) is 13.8. The number of carbonyl (C=O) groups is 1. The van der Waals surface area contributed by atoms with Crippen molar-refractivity contribution < 1.29 is 9.90 Å². The molecule has 2 atom stereocenters. The number of amides is 1. The maximum Gasteiger partial charge on any atom is 0.237 e. The summed E-state index contributed by atoms with van der Waals surface area (Å²) in [7, 11) is 2.04. The van der Waals surface area contributed by atoms with Crippen molar-refractivity contribution in [3.8, 4) is 0 Å². The molecular formula is C11H25Cl2N3O2. The third kappa shape index (κ3) is 6.75. The van der Waals surface area contributed by atoms with Crippen molar-refractivity contribution in [2.75, 3.05) is 26.7 Å². The average Bonchev–Trinajstić information content (AvgIpc) is 2.64. The average molecular weight is 302 g/mol. The molecule has 1 aliphatic heterocycles. The van der Waals surface area contributed by atoms with E-state index >= 15 is 0 Å². The van der Waals surface area contributed by atoms with Crippen LogP contribution >= 0.6 is 24.8 Å². The molecule has 110 valence electrons. The lowest BCUT2D eigenvalue weighted by atomic mass is 10.2. The number of hydrogen-bond donors (Lipinski definition) is 3. The predicted molar refractivity (Wildman–Crippen MR) is 77.7 cm³/mol. The second-order valence-electron chi connectivity index (χ2n) is 4.72. The van der Waals surface area contributed by atoms with E-state index in [0.29, 0.717) is 25.6 Å². The lowest BCUT2D eigenvalue weighted by molar-refractivity contribution is -0.123. The summed E-state index contributed by atoms with van der Waals surface area (Å²) >= 11 is 0. The highest BCUT2D eigenvalue weighted by atomic mass is 35.5. The molecule has 0 bridgehead atoms. The van der Waals surface area contributed by atoms with Crippen molar-refractivity contribution in [3.05, 3.63) is 0 Å². The van der Waals surface area contributed by atoms with Crippen molar-refractivity contribution in [2.24, 2.45) is 0 Å². The van der Waals surface area contributed by atoms with Crippen molar-refractivity contribution in [1.82, 2.24) is 15.5 Å². The normalized spacial score (nSPS) is 22.6. The molecule has 1 amide bonds. The summed E-state index contributed by atoms with van der Waals surface area (Å²) in [5.41, 5.74) is 0. The Bertz CT molecular complexity index is 242. The molecule has 0 aromatic carbocycles. The molecule has 1 heterocycles. The first-order chi connectivity index (χ1) is 7.50. The first kappa shape index (κ1) is 20.3. The molecule has 3 N–H and O–H groups in total. The molecule has 7 heteroatoms. The molecule has 1 rings (SSSR count). The second kappa shape index (κ2) is 9.81. The monoisotopic (exact) mass is 301 g/mol. The van der Waals surface area contributed by atoms with Crippen LogP contribution in [0.5, 0.6) is 0 Å². The van der Waals surface area contributed by atoms with E-state index in [2.05, 4.69) is 29.4 Å². The van der Waals surface area contributed by atoms with Gasteiger partial charge in [-0.25, -0.2) is 0 Å². The standard InChI is InChI=1S/C11H23N3O2.2ClH/c1-8(2)14(3)5-4-12-11(16)10-6-9(15)7-13-10;;/h8-10,13,15H,4-7H2,1-3H3,(H,12,16);2*1H. The maximum atomic E-state index is 11.6. The number of nitrogens with one attached hydrogen (secondary N) is 2. The molecule has 0 aromatic heterocycles. The molecule has 0 saturated carbocycles. The van der Waals surface area contributed by atoms with Gasteiger partial charge in [0.1, 0.15) is 0 Å². The number of nitrogens with zero attached hydrogens (tertiary/aromatic N) is 1. The van der Waals surface area contributed by atoms with Crippen LogP contribution in [0.25, 0.3) is 0 Å². The molecule has 0 spiro atoms. The van der Waals surface area contributed by atoms with Crippen molar-refractivity contribution in [1.29, 1.82) is 0 Å². The quantitative estimate of drug-likeness (QED) is 0.669. The van der Waals surface area contributed by atoms with Crippen LogP contribution in [-0.2, 0) is 4.79 Å². The highest BCUT2D eigenvalue weighted by molar-refractivity contribution is 5.85. The van der Waals surface area contributed by atoms with E-state index < -0.39 is 0 Å².